The summed E-state index contributed by atoms with van der Waals surface area (Å²) in [5, 5.41) is 9.57. The van der Waals surface area contributed by atoms with Gasteiger partial charge in [-0.05, 0) is 13.8 Å². The molecule has 14 heavy (non-hydrogen) atoms. The molecule has 0 aromatic heterocycles. The summed E-state index contributed by atoms with van der Waals surface area (Å²) in [5.41, 5.74) is -2.38. The molecule has 0 aliphatic rings. The van der Waals surface area contributed by atoms with Crippen molar-refractivity contribution in [2.75, 3.05) is 13.7 Å². The Balaban J connectivity index is 4.66. The fourth-order valence-corrected chi connectivity index (χ4v) is 0.739. The van der Waals surface area contributed by atoms with Crippen LogP contribution < -0.4 is 0 Å². The molecule has 1 N–H and O–H groups in total. The second kappa shape index (κ2) is 4.76. The van der Waals surface area contributed by atoms with Crippen LogP contribution in [0.3, 0.4) is 0 Å². The van der Waals surface area contributed by atoms with Crippen LogP contribution in [0.25, 0.3) is 0 Å². The Morgan fingerprint density at radius 2 is 2.00 bits per heavy atom. The second-order valence-corrected chi connectivity index (χ2v) is 2.76. The van der Waals surface area contributed by atoms with Crippen LogP contribution in [0.2, 0.25) is 0 Å². The smallest absolute Gasteiger partial charge is 0.342 e. The van der Waals surface area contributed by atoms with E-state index in [1.54, 1.807) is 6.92 Å². The maximum atomic E-state index is 11.1. The van der Waals surface area contributed by atoms with Gasteiger partial charge in [-0.3, -0.25) is 0 Å². The number of carbonyl (C=O) groups is 2. The number of aliphatic hydroxyl groups is 1. The number of hydrogen-bond donors (Lipinski definition) is 1. The molecule has 0 saturated heterocycles. The lowest BCUT2D eigenvalue weighted by atomic mass is 9.98. The lowest BCUT2D eigenvalue weighted by molar-refractivity contribution is -0.160. The molecule has 0 aromatic carbocycles. The Kier molecular flexibility index (Phi) is 4.30. The van der Waals surface area contributed by atoms with Crippen LogP contribution in [-0.4, -0.2) is 36.4 Å². The van der Waals surface area contributed by atoms with Crippen molar-refractivity contribution >= 4 is 11.9 Å². The molecule has 0 aliphatic heterocycles. The molecular weight excluding hydrogens is 188 g/mol. The molecule has 0 fully saturated rings. The zero-order chi connectivity index (χ0) is 11.4. The minimum absolute atomic E-state index is 0.148. The van der Waals surface area contributed by atoms with Gasteiger partial charge in [0.25, 0.3) is 0 Å². The molecule has 1 atom stereocenters. The van der Waals surface area contributed by atoms with E-state index < -0.39 is 17.5 Å². The summed E-state index contributed by atoms with van der Waals surface area (Å²) in [6.07, 6.45) is 0. The van der Waals surface area contributed by atoms with E-state index in [4.69, 9.17) is 0 Å². The highest BCUT2D eigenvalue weighted by molar-refractivity contribution is 5.99. The Morgan fingerprint density at radius 3 is 2.36 bits per heavy atom. The maximum absolute atomic E-state index is 11.1. The van der Waals surface area contributed by atoms with E-state index in [0.29, 0.717) is 0 Å². The van der Waals surface area contributed by atoms with Crippen LogP contribution >= 0.6 is 0 Å². The van der Waals surface area contributed by atoms with Crippen LogP contribution in [-0.2, 0) is 19.1 Å². The summed E-state index contributed by atoms with van der Waals surface area (Å²) in [6, 6.07) is 0. The number of carbonyl (C=O) groups excluding carboxylic acids is 2. The van der Waals surface area contributed by atoms with E-state index in [-0.39, 0.29) is 12.2 Å². The third-order valence-corrected chi connectivity index (χ3v) is 1.69. The van der Waals surface area contributed by atoms with Gasteiger partial charge in [0.15, 0.2) is 5.60 Å². The Labute approximate surface area is 82.3 Å². The summed E-state index contributed by atoms with van der Waals surface area (Å²) in [5.74, 6) is -1.77. The van der Waals surface area contributed by atoms with Gasteiger partial charge in [-0.15, -0.1) is 0 Å². The number of ether oxygens (including phenoxy) is 2. The molecule has 0 amide bonds. The molecule has 0 radical (unpaired) electrons. The predicted octanol–water partition coefficient (Wildman–Crippen LogP) is 0.0297. The molecule has 0 saturated carbocycles. The van der Waals surface area contributed by atoms with Crippen molar-refractivity contribution in [2.24, 2.45) is 0 Å². The quantitative estimate of drug-likeness (QED) is 0.514. The van der Waals surface area contributed by atoms with Crippen molar-refractivity contribution in [3.05, 3.63) is 12.2 Å². The van der Waals surface area contributed by atoms with Crippen molar-refractivity contribution in [3.63, 3.8) is 0 Å². The average Bonchev–Trinajstić information content (AvgIpc) is 2.15. The van der Waals surface area contributed by atoms with E-state index >= 15 is 0 Å². The fourth-order valence-electron chi connectivity index (χ4n) is 0.739. The summed E-state index contributed by atoms with van der Waals surface area (Å²) < 4.78 is 8.89. The average molecular weight is 202 g/mol. The first-order chi connectivity index (χ1) is 6.37. The van der Waals surface area contributed by atoms with Crippen LogP contribution in [0, 0.1) is 0 Å². The Bertz CT molecular complexity index is 254. The Morgan fingerprint density at radius 1 is 1.50 bits per heavy atom. The first kappa shape index (κ1) is 12.6. The van der Waals surface area contributed by atoms with E-state index in [9.17, 15) is 14.7 Å². The van der Waals surface area contributed by atoms with E-state index in [2.05, 4.69) is 16.1 Å². The van der Waals surface area contributed by atoms with Gasteiger partial charge in [-0.1, -0.05) is 6.58 Å². The van der Waals surface area contributed by atoms with Crippen molar-refractivity contribution in [1.82, 2.24) is 0 Å². The predicted molar refractivity (Wildman–Crippen MR) is 48.4 cm³/mol. The lowest BCUT2D eigenvalue weighted by Crippen LogP contribution is -2.41. The number of hydrogen-bond acceptors (Lipinski definition) is 5. The fraction of sp³-hybridized carbons (Fsp3) is 0.556. The van der Waals surface area contributed by atoms with E-state index in [0.717, 1.165) is 14.0 Å². The third-order valence-electron chi connectivity index (χ3n) is 1.69. The first-order valence-electron chi connectivity index (χ1n) is 4.05. The highest BCUT2D eigenvalue weighted by Crippen LogP contribution is 2.17. The molecule has 0 bridgehead atoms. The van der Waals surface area contributed by atoms with Gasteiger partial charge in [-0.2, -0.15) is 0 Å². The first-order valence-corrected chi connectivity index (χ1v) is 4.05. The van der Waals surface area contributed by atoms with Crippen molar-refractivity contribution in [2.45, 2.75) is 19.4 Å². The van der Waals surface area contributed by atoms with E-state index in [1.165, 1.54) is 0 Å². The summed E-state index contributed by atoms with van der Waals surface area (Å²) in [7, 11) is 1.11. The highest BCUT2D eigenvalue weighted by Gasteiger charge is 2.39. The second-order valence-electron chi connectivity index (χ2n) is 2.76. The summed E-state index contributed by atoms with van der Waals surface area (Å²) >= 11 is 0. The SMILES string of the molecule is C=C(C(=O)OCC)C(C)(O)C(=O)OC. The van der Waals surface area contributed by atoms with Gasteiger partial charge in [0, 0.05) is 0 Å². The molecular formula is C9H14O5. The van der Waals surface area contributed by atoms with Crippen LogP contribution in [0.15, 0.2) is 12.2 Å². The standard InChI is InChI=1S/C9H14O5/c1-5-14-7(10)6(2)9(3,12)8(11)13-4/h12H,2,5H2,1,3-4H3. The Hall–Kier alpha value is -1.36. The normalized spacial score (nSPS) is 14.0. The van der Waals surface area contributed by atoms with Crippen LogP contribution in [0.5, 0.6) is 0 Å². The van der Waals surface area contributed by atoms with Crippen molar-refractivity contribution < 1.29 is 24.2 Å². The molecule has 5 heteroatoms. The zero-order valence-corrected chi connectivity index (χ0v) is 8.49. The minimum atomic E-state index is -2.04. The summed E-state index contributed by atoms with van der Waals surface area (Å²) in [4.78, 5) is 22.2. The van der Waals surface area contributed by atoms with Crippen molar-refractivity contribution in [1.29, 1.82) is 0 Å². The largest absolute Gasteiger partial charge is 0.467 e. The third kappa shape index (κ3) is 2.56. The highest BCUT2D eigenvalue weighted by atomic mass is 16.5. The molecule has 80 valence electrons. The van der Waals surface area contributed by atoms with Gasteiger partial charge in [0.05, 0.1) is 19.3 Å². The molecule has 5 nitrogen and oxygen atoms in total. The van der Waals surface area contributed by atoms with Crippen LogP contribution in [0.1, 0.15) is 13.8 Å². The number of esters is 2. The molecule has 0 rings (SSSR count). The van der Waals surface area contributed by atoms with E-state index in [1.807, 2.05) is 0 Å². The van der Waals surface area contributed by atoms with Gasteiger partial charge >= 0.3 is 11.9 Å². The topological polar surface area (TPSA) is 72.8 Å². The number of rotatable bonds is 4. The molecule has 0 spiro atoms. The number of methoxy groups -OCH3 is 1. The molecule has 0 heterocycles. The summed E-state index contributed by atoms with van der Waals surface area (Å²) in [6.45, 7) is 6.17. The van der Waals surface area contributed by atoms with Crippen LogP contribution in [0.4, 0.5) is 0 Å². The molecule has 1 unspecified atom stereocenters. The van der Waals surface area contributed by atoms with Gasteiger partial charge in [0.1, 0.15) is 0 Å². The zero-order valence-electron chi connectivity index (χ0n) is 8.49. The minimum Gasteiger partial charge on any atom is -0.467 e. The van der Waals surface area contributed by atoms with Gasteiger partial charge in [0.2, 0.25) is 0 Å². The molecule has 0 aromatic rings. The lowest BCUT2D eigenvalue weighted by Gasteiger charge is -2.20. The van der Waals surface area contributed by atoms with Gasteiger partial charge in [-0.25, -0.2) is 9.59 Å². The maximum Gasteiger partial charge on any atom is 0.342 e. The molecule has 0 aliphatic carbocycles. The van der Waals surface area contributed by atoms with Crippen molar-refractivity contribution in [3.8, 4) is 0 Å². The monoisotopic (exact) mass is 202 g/mol. The van der Waals surface area contributed by atoms with Gasteiger partial charge < -0.3 is 14.6 Å².